The number of rotatable bonds is 6. The lowest BCUT2D eigenvalue weighted by Gasteiger charge is -2.18. The molecule has 0 aliphatic heterocycles. The minimum Gasteiger partial charge on any atom is -0.345 e. The number of amides is 1. The molecular formula is C14H26ClNO. The molecule has 0 atom stereocenters. The monoisotopic (exact) mass is 259 g/mol. The number of carbonyl (C=O) groups excluding carboxylic acids is 1. The van der Waals surface area contributed by atoms with Gasteiger partial charge in [-0.2, -0.15) is 0 Å². The Bertz CT molecular complexity index is 272. The van der Waals surface area contributed by atoms with Crippen molar-refractivity contribution >= 4 is 17.5 Å². The quantitative estimate of drug-likeness (QED) is 0.528. The summed E-state index contributed by atoms with van der Waals surface area (Å²) in [5.74, 6) is 1.22. The number of hydrogen-bond acceptors (Lipinski definition) is 1. The van der Waals surface area contributed by atoms with Gasteiger partial charge in [-0.25, -0.2) is 0 Å². The maximum absolute atomic E-state index is 12.3. The summed E-state index contributed by atoms with van der Waals surface area (Å²) in [6.45, 7) is 9.62. The first-order chi connectivity index (χ1) is 7.76. The topological polar surface area (TPSA) is 20.3 Å². The molecule has 0 spiro atoms. The molecule has 0 bridgehead atoms. The first kappa shape index (κ1) is 14.8. The van der Waals surface area contributed by atoms with E-state index < -0.39 is 0 Å². The van der Waals surface area contributed by atoms with Gasteiger partial charge in [0.2, 0.25) is 5.91 Å². The number of unbranched alkanes of at least 4 members (excludes halogenated alkanes) is 2. The van der Waals surface area contributed by atoms with Crippen LogP contribution < -0.4 is 0 Å². The van der Waals surface area contributed by atoms with E-state index in [9.17, 15) is 4.79 Å². The molecule has 3 heteroatoms. The molecule has 1 aliphatic carbocycles. The van der Waals surface area contributed by atoms with E-state index in [0.29, 0.717) is 5.91 Å². The summed E-state index contributed by atoms with van der Waals surface area (Å²) in [7, 11) is 1.92. The second-order valence-electron chi connectivity index (χ2n) is 6.39. The van der Waals surface area contributed by atoms with Crippen molar-refractivity contribution in [1.82, 2.24) is 4.90 Å². The first-order valence-electron chi connectivity index (χ1n) is 6.57. The van der Waals surface area contributed by atoms with Crippen molar-refractivity contribution < 1.29 is 4.79 Å². The van der Waals surface area contributed by atoms with Gasteiger partial charge in [-0.15, -0.1) is 11.6 Å². The lowest BCUT2D eigenvalue weighted by atomic mass is 10.0. The SMILES string of the molecule is CN(CCCCCCl)C(=O)C1C(C)(C)C1(C)C. The van der Waals surface area contributed by atoms with Gasteiger partial charge >= 0.3 is 0 Å². The third-order valence-electron chi connectivity index (χ3n) is 4.77. The lowest BCUT2D eigenvalue weighted by molar-refractivity contribution is -0.132. The summed E-state index contributed by atoms with van der Waals surface area (Å²) in [5.41, 5.74) is 0.295. The van der Waals surface area contributed by atoms with Gasteiger partial charge in [0.15, 0.2) is 0 Å². The highest BCUT2D eigenvalue weighted by molar-refractivity contribution is 6.17. The Hall–Kier alpha value is -0.240. The molecule has 1 rings (SSSR count). The van der Waals surface area contributed by atoms with Crippen LogP contribution in [0.1, 0.15) is 47.0 Å². The molecule has 2 nitrogen and oxygen atoms in total. The van der Waals surface area contributed by atoms with Crippen LogP contribution in [-0.2, 0) is 4.79 Å². The summed E-state index contributed by atoms with van der Waals surface area (Å²) in [6, 6.07) is 0. The van der Waals surface area contributed by atoms with E-state index in [4.69, 9.17) is 11.6 Å². The standard InChI is InChI=1S/C14H26ClNO/c1-13(2)11(14(13,3)4)12(17)16(5)10-8-6-7-9-15/h11H,6-10H2,1-5H3. The average molecular weight is 260 g/mol. The minimum atomic E-state index is 0.147. The van der Waals surface area contributed by atoms with Gasteiger partial charge < -0.3 is 4.90 Å². The maximum Gasteiger partial charge on any atom is 0.226 e. The summed E-state index contributed by atoms with van der Waals surface area (Å²) in [6.07, 6.45) is 3.21. The second kappa shape index (κ2) is 5.17. The zero-order chi connectivity index (χ0) is 13.3. The third kappa shape index (κ3) is 2.78. The highest BCUT2D eigenvalue weighted by Crippen LogP contribution is 2.68. The van der Waals surface area contributed by atoms with E-state index >= 15 is 0 Å². The fourth-order valence-corrected chi connectivity index (χ4v) is 2.95. The van der Waals surface area contributed by atoms with Crippen molar-refractivity contribution in [2.75, 3.05) is 19.5 Å². The molecule has 1 amide bonds. The smallest absolute Gasteiger partial charge is 0.226 e. The molecule has 1 aliphatic rings. The Balaban J connectivity index is 2.39. The molecule has 0 heterocycles. The van der Waals surface area contributed by atoms with Crippen LogP contribution in [0, 0.1) is 16.7 Å². The van der Waals surface area contributed by atoms with Crippen molar-refractivity contribution in [1.29, 1.82) is 0 Å². The van der Waals surface area contributed by atoms with Crippen LogP contribution in [0.15, 0.2) is 0 Å². The van der Waals surface area contributed by atoms with Crippen LogP contribution in [0.5, 0.6) is 0 Å². The van der Waals surface area contributed by atoms with Crippen LogP contribution in [0.3, 0.4) is 0 Å². The molecule has 0 aromatic carbocycles. The number of nitrogens with zero attached hydrogens (tertiary/aromatic N) is 1. The van der Waals surface area contributed by atoms with Gasteiger partial charge in [-0.1, -0.05) is 34.1 Å². The van der Waals surface area contributed by atoms with Gasteiger partial charge in [0, 0.05) is 25.4 Å². The minimum absolute atomic E-state index is 0.147. The number of halogens is 1. The number of carbonyl (C=O) groups is 1. The molecule has 0 N–H and O–H groups in total. The molecule has 0 aromatic heterocycles. The molecule has 0 unspecified atom stereocenters. The third-order valence-corrected chi connectivity index (χ3v) is 5.04. The Morgan fingerprint density at radius 2 is 1.65 bits per heavy atom. The molecule has 1 fully saturated rings. The van der Waals surface area contributed by atoms with E-state index in [1.807, 2.05) is 11.9 Å². The fraction of sp³-hybridized carbons (Fsp3) is 0.929. The maximum atomic E-state index is 12.3. The van der Waals surface area contributed by atoms with Crippen LogP contribution in [0.2, 0.25) is 0 Å². The fourth-order valence-electron chi connectivity index (χ4n) is 2.76. The molecule has 0 aromatic rings. The van der Waals surface area contributed by atoms with Crippen LogP contribution in [0.4, 0.5) is 0 Å². The molecule has 17 heavy (non-hydrogen) atoms. The first-order valence-corrected chi connectivity index (χ1v) is 7.11. The Kier molecular flexibility index (Phi) is 4.51. The zero-order valence-electron chi connectivity index (χ0n) is 11.8. The van der Waals surface area contributed by atoms with Crippen molar-refractivity contribution in [2.24, 2.45) is 16.7 Å². The largest absolute Gasteiger partial charge is 0.345 e. The molecule has 0 saturated heterocycles. The predicted molar refractivity (Wildman–Crippen MR) is 73.3 cm³/mol. The normalized spacial score (nSPS) is 21.3. The second-order valence-corrected chi connectivity index (χ2v) is 6.76. The lowest BCUT2D eigenvalue weighted by Crippen LogP contribution is -2.31. The summed E-state index contributed by atoms with van der Waals surface area (Å²) in [4.78, 5) is 14.2. The Morgan fingerprint density at radius 1 is 1.12 bits per heavy atom. The zero-order valence-corrected chi connectivity index (χ0v) is 12.6. The van der Waals surface area contributed by atoms with Crippen LogP contribution >= 0.6 is 11.6 Å². The molecule has 100 valence electrons. The van der Waals surface area contributed by atoms with Gasteiger partial charge in [0.05, 0.1) is 0 Å². The van der Waals surface area contributed by atoms with Crippen molar-refractivity contribution in [3.63, 3.8) is 0 Å². The number of hydrogen-bond donors (Lipinski definition) is 0. The van der Waals surface area contributed by atoms with Crippen LogP contribution in [0.25, 0.3) is 0 Å². The average Bonchev–Trinajstić information content (AvgIpc) is 2.63. The van der Waals surface area contributed by atoms with Crippen molar-refractivity contribution in [3.8, 4) is 0 Å². The van der Waals surface area contributed by atoms with E-state index in [2.05, 4.69) is 27.7 Å². The van der Waals surface area contributed by atoms with E-state index in [1.165, 1.54) is 0 Å². The Morgan fingerprint density at radius 3 is 2.06 bits per heavy atom. The molecular weight excluding hydrogens is 234 g/mol. The van der Waals surface area contributed by atoms with Gasteiger partial charge in [0.25, 0.3) is 0 Å². The molecule has 0 radical (unpaired) electrons. The van der Waals surface area contributed by atoms with E-state index in [1.54, 1.807) is 0 Å². The highest BCUT2D eigenvalue weighted by atomic mass is 35.5. The van der Waals surface area contributed by atoms with Gasteiger partial charge in [0.1, 0.15) is 0 Å². The van der Waals surface area contributed by atoms with Crippen molar-refractivity contribution in [3.05, 3.63) is 0 Å². The summed E-state index contributed by atoms with van der Waals surface area (Å²) >= 11 is 5.63. The van der Waals surface area contributed by atoms with Gasteiger partial charge in [-0.05, 0) is 23.7 Å². The van der Waals surface area contributed by atoms with Crippen molar-refractivity contribution in [2.45, 2.75) is 47.0 Å². The summed E-state index contributed by atoms with van der Waals surface area (Å²) < 4.78 is 0. The van der Waals surface area contributed by atoms with E-state index in [-0.39, 0.29) is 16.7 Å². The van der Waals surface area contributed by atoms with Crippen LogP contribution in [-0.4, -0.2) is 30.3 Å². The summed E-state index contributed by atoms with van der Waals surface area (Å²) in [5, 5.41) is 0. The molecule has 1 saturated carbocycles. The number of alkyl halides is 1. The Labute approximate surface area is 111 Å². The van der Waals surface area contributed by atoms with E-state index in [0.717, 1.165) is 31.7 Å². The highest BCUT2D eigenvalue weighted by Gasteiger charge is 2.68. The predicted octanol–water partition coefficient (Wildman–Crippen LogP) is 3.54. The van der Waals surface area contributed by atoms with Gasteiger partial charge in [-0.3, -0.25) is 4.79 Å².